The molecule has 0 atom stereocenters. The van der Waals surface area contributed by atoms with Gasteiger partial charge in [0, 0.05) is 44.8 Å². The van der Waals surface area contributed by atoms with E-state index in [2.05, 4.69) is 151 Å². The van der Waals surface area contributed by atoms with Crippen LogP contribution in [0.3, 0.4) is 0 Å². The summed E-state index contributed by atoms with van der Waals surface area (Å²) in [7, 11) is 0. The predicted molar refractivity (Wildman–Crippen MR) is 223 cm³/mol. The first-order chi connectivity index (χ1) is 27.2. The molecule has 7 aromatic carbocycles. The van der Waals surface area contributed by atoms with E-state index in [4.69, 9.17) is 19.4 Å². The van der Waals surface area contributed by atoms with Gasteiger partial charge in [-0.1, -0.05) is 164 Å². The predicted octanol–water partition coefficient (Wildman–Crippen LogP) is 12.8. The number of furan rings is 1. The van der Waals surface area contributed by atoms with Gasteiger partial charge in [-0.05, 0) is 52.1 Å². The zero-order chi connectivity index (χ0) is 36.6. The maximum absolute atomic E-state index is 6.69. The van der Waals surface area contributed by atoms with Crippen molar-refractivity contribution in [2.24, 2.45) is 0 Å². The van der Waals surface area contributed by atoms with Crippen LogP contribution in [0.5, 0.6) is 0 Å². The van der Waals surface area contributed by atoms with Crippen molar-refractivity contribution in [2.75, 3.05) is 0 Å². The molecule has 0 bridgehead atoms. The molecule has 0 N–H and O–H groups in total. The van der Waals surface area contributed by atoms with Crippen LogP contribution in [0, 0.1) is 0 Å². The summed E-state index contributed by atoms with van der Waals surface area (Å²) in [6, 6.07) is 64.4. The summed E-state index contributed by atoms with van der Waals surface area (Å²) in [5.74, 6) is 1.75. The van der Waals surface area contributed by atoms with Crippen molar-refractivity contribution in [3.63, 3.8) is 0 Å². The van der Waals surface area contributed by atoms with Crippen molar-refractivity contribution in [1.82, 2.24) is 19.9 Å². The fourth-order valence-electron chi connectivity index (χ4n) is 7.28. The molecule has 0 spiro atoms. The maximum atomic E-state index is 6.69. The molecule has 0 aliphatic heterocycles. The lowest BCUT2D eigenvalue weighted by Gasteiger charge is -2.11. The van der Waals surface area contributed by atoms with Gasteiger partial charge in [0.2, 0.25) is 0 Å². The fraction of sp³-hybridized carbons (Fsp3) is 0. The van der Waals surface area contributed by atoms with Crippen LogP contribution < -0.4 is 0 Å². The van der Waals surface area contributed by atoms with Crippen LogP contribution in [0.25, 0.3) is 101 Å². The molecule has 0 radical (unpaired) electrons. The monoisotopic (exact) mass is 704 g/mol. The van der Waals surface area contributed by atoms with Crippen LogP contribution in [0.15, 0.2) is 199 Å². The first-order valence-electron chi connectivity index (χ1n) is 18.3. The molecule has 0 saturated carbocycles. The summed E-state index contributed by atoms with van der Waals surface area (Å²) < 4.78 is 6.69. The van der Waals surface area contributed by atoms with E-state index in [9.17, 15) is 0 Å². The zero-order valence-electron chi connectivity index (χ0n) is 29.7. The van der Waals surface area contributed by atoms with Crippen LogP contribution >= 0.6 is 0 Å². The molecule has 0 unspecified atom stereocenters. The zero-order valence-corrected chi connectivity index (χ0v) is 29.7. The minimum Gasteiger partial charge on any atom is -0.455 e. The Labute approximate surface area is 318 Å². The van der Waals surface area contributed by atoms with Gasteiger partial charge < -0.3 is 4.42 Å². The highest BCUT2D eigenvalue weighted by Crippen LogP contribution is 2.41. The number of para-hydroxylation sites is 1. The largest absolute Gasteiger partial charge is 0.455 e. The topological polar surface area (TPSA) is 64.7 Å². The molecule has 5 nitrogen and oxygen atoms in total. The normalized spacial score (nSPS) is 11.3. The highest BCUT2D eigenvalue weighted by Gasteiger charge is 2.20. The van der Waals surface area contributed by atoms with E-state index >= 15 is 0 Å². The van der Waals surface area contributed by atoms with Crippen molar-refractivity contribution < 1.29 is 4.42 Å². The SMILES string of the molecule is c1ccc(-c2ccc(-c3cccc4c3oc3cccc(-c5nc(-c6ccc(-c7ccccn7)cc6)nc(-c6cccc(-c7ccccc7)c6)n5)c34)cc2)cc1. The van der Waals surface area contributed by atoms with Gasteiger partial charge in [0.25, 0.3) is 0 Å². The number of rotatable bonds is 7. The Balaban J connectivity index is 1.12. The molecule has 5 heteroatoms. The Bertz CT molecular complexity index is 2940. The summed E-state index contributed by atoms with van der Waals surface area (Å²) in [4.78, 5) is 20.0. The number of hydrogen-bond acceptors (Lipinski definition) is 5. The fourth-order valence-corrected chi connectivity index (χ4v) is 7.28. The maximum Gasteiger partial charge on any atom is 0.164 e. The smallest absolute Gasteiger partial charge is 0.164 e. The lowest BCUT2D eigenvalue weighted by molar-refractivity contribution is 0.670. The lowest BCUT2D eigenvalue weighted by Crippen LogP contribution is -2.00. The number of fused-ring (bicyclic) bond motifs is 3. The Hall–Kier alpha value is -7.50. The first kappa shape index (κ1) is 32.2. The molecule has 0 fully saturated rings. The van der Waals surface area contributed by atoms with Crippen molar-refractivity contribution in [1.29, 1.82) is 0 Å². The standard InChI is InChI=1S/C50H32N4O/c1-3-12-33(13-4-1)35-23-25-36(26-24-35)41-18-10-19-42-46-43(20-11-22-45(46)55-47(41)42)50-53-48(38-29-27-37(28-30-38)44-21-7-8-31-51-44)52-49(54-50)40-17-9-16-39(32-40)34-14-5-2-6-15-34/h1-32H. The molecule has 10 aromatic rings. The Morgan fingerprint density at radius 2 is 0.891 bits per heavy atom. The van der Waals surface area contributed by atoms with Crippen LogP contribution in [-0.2, 0) is 0 Å². The van der Waals surface area contributed by atoms with Crippen LogP contribution in [0.2, 0.25) is 0 Å². The second-order valence-electron chi connectivity index (χ2n) is 13.5. The number of pyridine rings is 1. The Morgan fingerprint density at radius 3 is 1.64 bits per heavy atom. The molecule has 258 valence electrons. The van der Waals surface area contributed by atoms with Gasteiger partial charge in [-0.2, -0.15) is 0 Å². The van der Waals surface area contributed by atoms with Crippen molar-refractivity contribution in [3.05, 3.63) is 194 Å². The Morgan fingerprint density at radius 1 is 0.345 bits per heavy atom. The van der Waals surface area contributed by atoms with Gasteiger partial charge in [0.1, 0.15) is 11.2 Å². The molecule has 0 aliphatic carbocycles. The minimum atomic E-state index is 0.574. The van der Waals surface area contributed by atoms with Gasteiger partial charge in [-0.25, -0.2) is 15.0 Å². The van der Waals surface area contributed by atoms with E-state index in [0.717, 1.165) is 72.1 Å². The van der Waals surface area contributed by atoms with Crippen LogP contribution in [0.1, 0.15) is 0 Å². The third-order valence-corrected chi connectivity index (χ3v) is 10.0. The third kappa shape index (κ3) is 6.14. The Kier molecular flexibility index (Phi) is 8.08. The lowest BCUT2D eigenvalue weighted by atomic mass is 9.98. The summed E-state index contributed by atoms with van der Waals surface area (Å²) in [6.45, 7) is 0. The second-order valence-corrected chi connectivity index (χ2v) is 13.5. The molecular weight excluding hydrogens is 673 g/mol. The third-order valence-electron chi connectivity index (χ3n) is 10.0. The van der Waals surface area contributed by atoms with E-state index < -0.39 is 0 Å². The van der Waals surface area contributed by atoms with Crippen LogP contribution in [-0.4, -0.2) is 19.9 Å². The van der Waals surface area contributed by atoms with Gasteiger partial charge in [0.15, 0.2) is 17.5 Å². The van der Waals surface area contributed by atoms with E-state index in [1.54, 1.807) is 0 Å². The van der Waals surface area contributed by atoms with E-state index in [1.165, 1.54) is 11.1 Å². The number of hydrogen-bond donors (Lipinski definition) is 0. The van der Waals surface area contributed by atoms with E-state index in [-0.39, 0.29) is 0 Å². The van der Waals surface area contributed by atoms with E-state index in [0.29, 0.717) is 17.5 Å². The quantitative estimate of drug-likeness (QED) is 0.165. The molecule has 0 amide bonds. The minimum absolute atomic E-state index is 0.574. The van der Waals surface area contributed by atoms with E-state index in [1.807, 2.05) is 48.7 Å². The average Bonchev–Trinajstić information content (AvgIpc) is 3.67. The van der Waals surface area contributed by atoms with Gasteiger partial charge >= 0.3 is 0 Å². The highest BCUT2D eigenvalue weighted by atomic mass is 16.3. The van der Waals surface area contributed by atoms with Crippen LogP contribution in [0.4, 0.5) is 0 Å². The molecule has 0 aliphatic rings. The molecule has 10 rings (SSSR count). The van der Waals surface area contributed by atoms with Crippen molar-refractivity contribution in [3.8, 4) is 78.8 Å². The summed E-state index contributed by atoms with van der Waals surface area (Å²) in [5, 5.41) is 1.97. The molecular formula is C50H32N4O. The first-order valence-corrected chi connectivity index (χ1v) is 18.3. The second kappa shape index (κ2) is 13.8. The highest BCUT2D eigenvalue weighted by molar-refractivity contribution is 6.15. The van der Waals surface area contributed by atoms with Crippen molar-refractivity contribution in [2.45, 2.75) is 0 Å². The summed E-state index contributed by atoms with van der Waals surface area (Å²) in [5.41, 5.74) is 12.9. The number of benzene rings is 7. The molecule has 55 heavy (non-hydrogen) atoms. The molecule has 3 aromatic heterocycles. The average molecular weight is 705 g/mol. The number of nitrogens with zero attached hydrogens (tertiary/aromatic N) is 4. The van der Waals surface area contributed by atoms with Gasteiger partial charge in [-0.15, -0.1) is 0 Å². The molecule has 0 saturated heterocycles. The van der Waals surface area contributed by atoms with Gasteiger partial charge in [0.05, 0.1) is 5.69 Å². The molecule has 3 heterocycles. The van der Waals surface area contributed by atoms with Gasteiger partial charge in [-0.3, -0.25) is 4.98 Å². The summed E-state index contributed by atoms with van der Waals surface area (Å²) >= 11 is 0. The van der Waals surface area contributed by atoms with Crippen molar-refractivity contribution >= 4 is 21.9 Å². The summed E-state index contributed by atoms with van der Waals surface area (Å²) in [6.07, 6.45) is 1.81. The number of aromatic nitrogens is 4.